The van der Waals surface area contributed by atoms with E-state index in [4.69, 9.17) is 11.6 Å². The Morgan fingerprint density at radius 1 is 1.17 bits per heavy atom. The molecule has 4 heteroatoms. The summed E-state index contributed by atoms with van der Waals surface area (Å²) in [6, 6.07) is 1.79. The highest BCUT2D eigenvalue weighted by Gasteiger charge is 2.27. The van der Waals surface area contributed by atoms with Crippen LogP contribution in [0, 0.1) is 23.5 Å². The number of ketones is 1. The molecular weight excluding hydrogens is 258 g/mol. The first-order valence-corrected chi connectivity index (χ1v) is 6.55. The molecule has 0 saturated heterocycles. The number of Topliss-reactive ketones (excluding diaryl/α,β-unsaturated/α-hetero) is 1. The lowest BCUT2D eigenvalue weighted by molar-refractivity contribution is 0.0875. The molecule has 18 heavy (non-hydrogen) atoms. The fraction of sp³-hybridized carbons (Fsp3) is 0.500. The molecule has 0 spiro atoms. The van der Waals surface area contributed by atoms with Crippen molar-refractivity contribution >= 4 is 17.4 Å². The van der Waals surface area contributed by atoms with Crippen molar-refractivity contribution in [3.8, 4) is 0 Å². The molecule has 0 radical (unpaired) electrons. The largest absolute Gasteiger partial charge is 0.294 e. The fourth-order valence-corrected chi connectivity index (χ4v) is 2.70. The lowest BCUT2D eigenvalue weighted by Crippen LogP contribution is -2.21. The van der Waals surface area contributed by atoms with Crippen molar-refractivity contribution in [2.75, 3.05) is 0 Å². The van der Waals surface area contributed by atoms with Crippen LogP contribution in [0.4, 0.5) is 8.78 Å². The molecule has 1 aliphatic carbocycles. The molecule has 0 aromatic heterocycles. The number of hydrogen-bond acceptors (Lipinski definition) is 1. The van der Waals surface area contributed by atoms with Crippen LogP contribution in [0.25, 0.3) is 0 Å². The summed E-state index contributed by atoms with van der Waals surface area (Å²) in [5, 5.41) is -0.00229. The van der Waals surface area contributed by atoms with Gasteiger partial charge in [0.2, 0.25) is 0 Å². The molecule has 2 rings (SSSR count). The summed E-state index contributed by atoms with van der Waals surface area (Å²) in [7, 11) is 0. The van der Waals surface area contributed by atoms with Gasteiger partial charge in [-0.05, 0) is 30.9 Å². The second-order valence-electron chi connectivity index (χ2n) is 5.07. The maximum Gasteiger partial charge on any atom is 0.167 e. The first kappa shape index (κ1) is 13.5. The van der Waals surface area contributed by atoms with Crippen molar-refractivity contribution in [1.82, 2.24) is 0 Å². The zero-order chi connectivity index (χ0) is 13.3. The Morgan fingerprint density at radius 3 is 2.33 bits per heavy atom. The predicted octanol–water partition coefficient (Wildman–Crippen LogP) is 4.63. The highest BCUT2D eigenvalue weighted by molar-refractivity contribution is 6.34. The van der Waals surface area contributed by atoms with Gasteiger partial charge < -0.3 is 0 Å². The molecule has 0 N–H and O–H groups in total. The van der Waals surface area contributed by atoms with E-state index in [0.717, 1.165) is 37.8 Å². The minimum Gasteiger partial charge on any atom is -0.294 e. The van der Waals surface area contributed by atoms with Crippen molar-refractivity contribution in [2.24, 2.45) is 11.8 Å². The van der Waals surface area contributed by atoms with Gasteiger partial charge in [-0.3, -0.25) is 4.79 Å². The Morgan fingerprint density at radius 2 is 1.72 bits per heavy atom. The summed E-state index contributed by atoms with van der Waals surface area (Å²) in [6.07, 6.45) is 3.60. The second kappa shape index (κ2) is 5.35. The van der Waals surface area contributed by atoms with E-state index in [1.807, 2.05) is 0 Å². The van der Waals surface area contributed by atoms with Crippen LogP contribution in [0.5, 0.6) is 0 Å². The molecule has 1 saturated carbocycles. The van der Waals surface area contributed by atoms with Gasteiger partial charge in [0, 0.05) is 11.5 Å². The number of benzene rings is 1. The number of carbonyl (C=O) groups excluding carboxylic acids is 1. The van der Waals surface area contributed by atoms with Crippen LogP contribution in [0.2, 0.25) is 5.02 Å². The Balaban J connectivity index is 2.21. The SMILES string of the molecule is CC1CCC(C(=O)c2cc(F)c(F)cc2Cl)CC1. The molecule has 1 nitrogen and oxygen atoms in total. The standard InChI is InChI=1S/C14H15ClF2O/c1-8-2-4-9(5-3-8)14(18)10-6-12(16)13(17)7-11(10)15/h6-9H,2-5H2,1H3. The molecule has 0 unspecified atom stereocenters. The van der Waals surface area contributed by atoms with Crippen LogP contribution in [0.3, 0.4) is 0 Å². The van der Waals surface area contributed by atoms with Crippen molar-refractivity contribution < 1.29 is 13.6 Å². The maximum atomic E-state index is 13.2. The minimum absolute atomic E-state index is 0.00229. The monoisotopic (exact) mass is 272 g/mol. The van der Waals surface area contributed by atoms with Crippen LogP contribution < -0.4 is 0 Å². The normalized spacial score (nSPS) is 24.0. The maximum absolute atomic E-state index is 13.2. The molecular formula is C14H15ClF2O. The summed E-state index contributed by atoms with van der Waals surface area (Å²) >= 11 is 5.82. The first-order valence-electron chi connectivity index (χ1n) is 6.17. The Kier molecular flexibility index (Phi) is 4.00. The highest BCUT2D eigenvalue weighted by Crippen LogP contribution is 2.32. The van der Waals surface area contributed by atoms with Gasteiger partial charge in [-0.25, -0.2) is 8.78 Å². The van der Waals surface area contributed by atoms with E-state index in [-0.39, 0.29) is 22.3 Å². The van der Waals surface area contributed by atoms with Gasteiger partial charge in [0.25, 0.3) is 0 Å². The van der Waals surface area contributed by atoms with E-state index in [1.54, 1.807) is 0 Å². The van der Waals surface area contributed by atoms with Crippen LogP contribution in [0.15, 0.2) is 12.1 Å². The molecule has 98 valence electrons. The molecule has 0 bridgehead atoms. The van der Waals surface area contributed by atoms with E-state index in [9.17, 15) is 13.6 Å². The average Bonchev–Trinajstić information content (AvgIpc) is 2.34. The predicted molar refractivity (Wildman–Crippen MR) is 66.8 cm³/mol. The fourth-order valence-electron chi connectivity index (χ4n) is 2.45. The lowest BCUT2D eigenvalue weighted by Gasteiger charge is -2.25. The van der Waals surface area contributed by atoms with Crippen LogP contribution in [-0.2, 0) is 0 Å². The Bertz CT molecular complexity index is 465. The van der Waals surface area contributed by atoms with Crippen molar-refractivity contribution in [3.05, 3.63) is 34.4 Å². The summed E-state index contributed by atoms with van der Waals surface area (Å²) < 4.78 is 26.1. The number of carbonyl (C=O) groups is 1. The molecule has 1 fully saturated rings. The van der Waals surface area contributed by atoms with Crippen LogP contribution in [-0.4, -0.2) is 5.78 Å². The summed E-state index contributed by atoms with van der Waals surface area (Å²) in [5.41, 5.74) is 0.107. The van der Waals surface area contributed by atoms with Crippen LogP contribution >= 0.6 is 11.6 Å². The van der Waals surface area contributed by atoms with Crippen molar-refractivity contribution in [3.63, 3.8) is 0 Å². The Hall–Kier alpha value is -0.960. The van der Waals surface area contributed by atoms with Gasteiger partial charge in [0.05, 0.1) is 5.02 Å². The van der Waals surface area contributed by atoms with E-state index in [1.165, 1.54) is 0 Å². The molecule has 1 aromatic rings. The highest BCUT2D eigenvalue weighted by atomic mass is 35.5. The first-order chi connectivity index (χ1) is 8.49. The summed E-state index contributed by atoms with van der Waals surface area (Å²) in [5.74, 6) is -1.68. The van der Waals surface area contributed by atoms with Crippen molar-refractivity contribution in [2.45, 2.75) is 32.6 Å². The molecule has 0 aliphatic heterocycles. The van der Waals surface area contributed by atoms with Gasteiger partial charge >= 0.3 is 0 Å². The van der Waals surface area contributed by atoms with E-state index < -0.39 is 11.6 Å². The van der Waals surface area contributed by atoms with Gasteiger partial charge in [-0.2, -0.15) is 0 Å². The lowest BCUT2D eigenvalue weighted by atomic mass is 9.79. The summed E-state index contributed by atoms with van der Waals surface area (Å²) in [4.78, 5) is 12.2. The molecule has 1 aliphatic rings. The van der Waals surface area contributed by atoms with E-state index >= 15 is 0 Å². The van der Waals surface area contributed by atoms with Gasteiger partial charge in [0.1, 0.15) is 0 Å². The van der Waals surface area contributed by atoms with Crippen LogP contribution in [0.1, 0.15) is 43.0 Å². The van der Waals surface area contributed by atoms with Gasteiger partial charge in [-0.15, -0.1) is 0 Å². The third kappa shape index (κ3) is 2.72. The Labute approximate surface area is 110 Å². The molecule has 0 atom stereocenters. The number of hydrogen-bond donors (Lipinski definition) is 0. The molecule has 0 heterocycles. The zero-order valence-corrected chi connectivity index (χ0v) is 10.9. The third-order valence-corrected chi connectivity index (χ3v) is 3.97. The zero-order valence-electron chi connectivity index (χ0n) is 10.2. The minimum atomic E-state index is -1.02. The quantitative estimate of drug-likeness (QED) is 0.567. The smallest absolute Gasteiger partial charge is 0.167 e. The van der Waals surface area contributed by atoms with E-state index in [0.29, 0.717) is 5.92 Å². The van der Waals surface area contributed by atoms with E-state index in [2.05, 4.69) is 6.92 Å². The topological polar surface area (TPSA) is 17.1 Å². The molecule has 0 amide bonds. The molecule has 1 aromatic carbocycles. The number of rotatable bonds is 2. The number of halogens is 3. The average molecular weight is 273 g/mol. The van der Waals surface area contributed by atoms with Gasteiger partial charge in [0.15, 0.2) is 17.4 Å². The van der Waals surface area contributed by atoms with Gasteiger partial charge in [-0.1, -0.05) is 31.4 Å². The van der Waals surface area contributed by atoms with Crippen molar-refractivity contribution in [1.29, 1.82) is 0 Å². The third-order valence-electron chi connectivity index (χ3n) is 3.66. The summed E-state index contributed by atoms with van der Waals surface area (Å²) in [6.45, 7) is 2.16. The second-order valence-corrected chi connectivity index (χ2v) is 5.47.